The Morgan fingerprint density at radius 2 is 1.71 bits per heavy atom. The van der Waals surface area contributed by atoms with Crippen molar-refractivity contribution >= 4 is 5.91 Å². The minimum Gasteiger partial charge on any atom is -0.368 e. The van der Waals surface area contributed by atoms with Crippen molar-refractivity contribution in [1.29, 1.82) is 0 Å². The number of nitrogens with two attached hydrogens (primary N) is 2. The third-order valence-electron chi connectivity index (χ3n) is 2.13. The zero-order chi connectivity index (χ0) is 11.3. The van der Waals surface area contributed by atoms with E-state index in [9.17, 15) is 4.79 Å². The molecule has 0 spiro atoms. The zero-order valence-corrected chi connectivity index (χ0v) is 9.66. The lowest BCUT2D eigenvalue weighted by Crippen LogP contribution is -2.48. The minimum absolute atomic E-state index is 0.391. The van der Waals surface area contributed by atoms with Crippen molar-refractivity contribution in [3.63, 3.8) is 0 Å². The van der Waals surface area contributed by atoms with Crippen LogP contribution in [-0.4, -0.2) is 36.0 Å². The first-order chi connectivity index (χ1) is 6.34. The second kappa shape index (κ2) is 5.98. The van der Waals surface area contributed by atoms with Gasteiger partial charge in [0.25, 0.3) is 0 Å². The van der Waals surface area contributed by atoms with Crippen molar-refractivity contribution in [2.75, 3.05) is 13.1 Å². The van der Waals surface area contributed by atoms with E-state index in [4.69, 9.17) is 11.5 Å². The first kappa shape index (κ1) is 13.4. The number of hydrogen-bond donors (Lipinski definition) is 2. The lowest BCUT2D eigenvalue weighted by Gasteiger charge is -2.29. The zero-order valence-electron chi connectivity index (χ0n) is 9.66. The van der Waals surface area contributed by atoms with Gasteiger partial charge in [0.2, 0.25) is 5.91 Å². The first-order valence-corrected chi connectivity index (χ1v) is 5.13. The molecular formula is C10H23N3O. The Labute approximate surface area is 86.6 Å². The van der Waals surface area contributed by atoms with Gasteiger partial charge >= 0.3 is 0 Å². The van der Waals surface area contributed by atoms with Crippen molar-refractivity contribution < 1.29 is 4.79 Å². The van der Waals surface area contributed by atoms with E-state index in [2.05, 4.69) is 32.6 Å². The van der Waals surface area contributed by atoms with Crippen LogP contribution in [0, 0.1) is 5.92 Å². The minimum atomic E-state index is -0.559. The van der Waals surface area contributed by atoms with Gasteiger partial charge in [0.05, 0.1) is 6.04 Å². The van der Waals surface area contributed by atoms with Gasteiger partial charge in [0.15, 0.2) is 0 Å². The van der Waals surface area contributed by atoms with Gasteiger partial charge in [-0.2, -0.15) is 0 Å². The van der Waals surface area contributed by atoms with Crippen LogP contribution in [0.15, 0.2) is 0 Å². The largest absolute Gasteiger partial charge is 0.368 e. The number of carbonyl (C=O) groups excluding carboxylic acids is 1. The average molecular weight is 201 g/mol. The van der Waals surface area contributed by atoms with Gasteiger partial charge in [0.1, 0.15) is 0 Å². The highest BCUT2D eigenvalue weighted by molar-refractivity contribution is 5.79. The molecule has 4 nitrogen and oxygen atoms in total. The molecule has 14 heavy (non-hydrogen) atoms. The Morgan fingerprint density at radius 3 is 2.00 bits per heavy atom. The summed E-state index contributed by atoms with van der Waals surface area (Å²) in [6.07, 6.45) is 0. The summed E-state index contributed by atoms with van der Waals surface area (Å²) in [6.45, 7) is 9.96. The maximum absolute atomic E-state index is 10.8. The molecule has 1 atom stereocenters. The van der Waals surface area contributed by atoms with E-state index >= 15 is 0 Å². The predicted molar refractivity (Wildman–Crippen MR) is 58.7 cm³/mol. The van der Waals surface area contributed by atoms with E-state index in [1.54, 1.807) is 0 Å². The fraction of sp³-hybridized carbons (Fsp3) is 0.900. The monoisotopic (exact) mass is 201 g/mol. The second-order valence-electron chi connectivity index (χ2n) is 4.45. The molecule has 0 aliphatic heterocycles. The Kier molecular flexibility index (Phi) is 5.72. The molecule has 1 unspecified atom stereocenters. The Hall–Kier alpha value is -0.610. The standard InChI is InChI=1S/C10H23N3O/c1-7(2)5-13(8(3)4)6-9(11)10(12)14/h7-9H,5-6,11H2,1-4H3,(H2,12,14). The van der Waals surface area contributed by atoms with Gasteiger partial charge in [-0.25, -0.2) is 0 Å². The Morgan fingerprint density at radius 1 is 1.21 bits per heavy atom. The molecule has 0 rings (SSSR count). The molecule has 0 aromatic heterocycles. The predicted octanol–water partition coefficient (Wildman–Crippen LogP) is 0.165. The maximum Gasteiger partial charge on any atom is 0.235 e. The smallest absolute Gasteiger partial charge is 0.235 e. The van der Waals surface area contributed by atoms with Crippen molar-refractivity contribution in [3.05, 3.63) is 0 Å². The van der Waals surface area contributed by atoms with Crippen LogP contribution < -0.4 is 11.5 Å². The molecule has 0 bridgehead atoms. The average Bonchev–Trinajstić information content (AvgIpc) is 2.01. The lowest BCUT2D eigenvalue weighted by atomic mass is 10.1. The number of amides is 1. The molecule has 4 heteroatoms. The van der Waals surface area contributed by atoms with Crippen LogP contribution in [0.2, 0.25) is 0 Å². The van der Waals surface area contributed by atoms with Gasteiger partial charge in [0, 0.05) is 19.1 Å². The normalized spacial score (nSPS) is 14.0. The van der Waals surface area contributed by atoms with Crippen LogP contribution in [0.25, 0.3) is 0 Å². The summed E-state index contributed by atoms with van der Waals surface area (Å²) in [6, 6.07) is -0.168. The highest BCUT2D eigenvalue weighted by Gasteiger charge is 2.17. The molecular weight excluding hydrogens is 178 g/mol. The molecule has 0 fully saturated rings. The highest BCUT2D eigenvalue weighted by Crippen LogP contribution is 2.04. The van der Waals surface area contributed by atoms with E-state index in [-0.39, 0.29) is 0 Å². The SMILES string of the molecule is CC(C)CN(CC(N)C(N)=O)C(C)C. The topological polar surface area (TPSA) is 72.3 Å². The van der Waals surface area contributed by atoms with Gasteiger partial charge in [-0.15, -0.1) is 0 Å². The van der Waals surface area contributed by atoms with Crippen LogP contribution in [0.1, 0.15) is 27.7 Å². The van der Waals surface area contributed by atoms with Crippen molar-refractivity contribution in [3.8, 4) is 0 Å². The van der Waals surface area contributed by atoms with E-state index in [0.717, 1.165) is 6.54 Å². The molecule has 0 aliphatic carbocycles. The summed E-state index contributed by atoms with van der Waals surface area (Å²) in [5, 5.41) is 0. The molecule has 0 radical (unpaired) electrons. The van der Waals surface area contributed by atoms with Crippen LogP contribution >= 0.6 is 0 Å². The summed E-state index contributed by atoms with van der Waals surface area (Å²) < 4.78 is 0. The fourth-order valence-corrected chi connectivity index (χ4v) is 1.31. The third-order valence-corrected chi connectivity index (χ3v) is 2.13. The molecule has 1 amide bonds. The van der Waals surface area contributed by atoms with Gasteiger partial charge < -0.3 is 11.5 Å². The summed E-state index contributed by atoms with van der Waals surface area (Å²) in [5.74, 6) is 0.136. The Bertz CT molecular complexity index is 180. The summed E-state index contributed by atoms with van der Waals surface area (Å²) in [4.78, 5) is 13.0. The molecule has 84 valence electrons. The van der Waals surface area contributed by atoms with Gasteiger partial charge in [-0.3, -0.25) is 9.69 Å². The summed E-state index contributed by atoms with van der Waals surface area (Å²) in [5.41, 5.74) is 10.7. The number of primary amides is 1. The fourth-order valence-electron chi connectivity index (χ4n) is 1.31. The van der Waals surface area contributed by atoms with Crippen LogP contribution in [0.3, 0.4) is 0 Å². The molecule has 0 saturated carbocycles. The van der Waals surface area contributed by atoms with Crippen molar-refractivity contribution in [2.24, 2.45) is 17.4 Å². The number of rotatable bonds is 6. The van der Waals surface area contributed by atoms with E-state index in [1.807, 2.05) is 0 Å². The molecule has 0 saturated heterocycles. The van der Waals surface area contributed by atoms with Crippen LogP contribution in [0.5, 0.6) is 0 Å². The van der Waals surface area contributed by atoms with E-state index in [0.29, 0.717) is 18.5 Å². The first-order valence-electron chi connectivity index (χ1n) is 5.13. The van der Waals surface area contributed by atoms with Crippen LogP contribution in [-0.2, 0) is 4.79 Å². The van der Waals surface area contributed by atoms with Crippen molar-refractivity contribution in [1.82, 2.24) is 4.90 Å². The molecule has 0 aliphatic rings. The van der Waals surface area contributed by atoms with Gasteiger partial charge in [-0.05, 0) is 19.8 Å². The summed E-state index contributed by atoms with van der Waals surface area (Å²) in [7, 11) is 0. The van der Waals surface area contributed by atoms with Crippen LogP contribution in [0.4, 0.5) is 0 Å². The lowest BCUT2D eigenvalue weighted by molar-refractivity contribution is -0.119. The molecule has 0 heterocycles. The maximum atomic E-state index is 10.8. The summed E-state index contributed by atoms with van der Waals surface area (Å²) >= 11 is 0. The van der Waals surface area contributed by atoms with E-state index in [1.165, 1.54) is 0 Å². The highest BCUT2D eigenvalue weighted by atomic mass is 16.1. The number of carbonyl (C=O) groups is 1. The molecule has 0 aromatic carbocycles. The second-order valence-corrected chi connectivity index (χ2v) is 4.45. The van der Waals surface area contributed by atoms with Crippen molar-refractivity contribution in [2.45, 2.75) is 39.8 Å². The van der Waals surface area contributed by atoms with E-state index < -0.39 is 11.9 Å². The molecule has 4 N–H and O–H groups in total. The number of nitrogens with zero attached hydrogens (tertiary/aromatic N) is 1. The van der Waals surface area contributed by atoms with Gasteiger partial charge in [-0.1, -0.05) is 13.8 Å². The Balaban J connectivity index is 4.16. The number of hydrogen-bond acceptors (Lipinski definition) is 3. The third kappa shape index (κ3) is 5.19. The molecule has 0 aromatic rings. The quantitative estimate of drug-likeness (QED) is 0.643.